The molecule has 6 aromatic rings. The molecule has 3 N–H and O–H groups in total. The number of carboxylic acid groups (broad SMARTS) is 2. The Bertz CT molecular complexity index is 2000. The summed E-state index contributed by atoms with van der Waals surface area (Å²) in [5.41, 5.74) is 6.73. The van der Waals surface area contributed by atoms with Gasteiger partial charge in [0, 0.05) is 27.8 Å². The SMILES string of the molecule is O=C(O)c1ccccc1C(=O)NC(CSCc1ccc(-c2ccc(-c3cccc4c3oc3ccccc34)cc2)cc1)C(=O)O. The number of hydrogen-bond donors (Lipinski definition) is 3. The third-order valence-corrected chi connectivity index (χ3v) is 8.55. The predicted octanol–water partition coefficient (Wildman–Crippen LogP) is 7.73. The van der Waals surface area contributed by atoms with Gasteiger partial charge in [0.2, 0.25) is 0 Å². The molecule has 0 spiro atoms. The second kappa shape index (κ2) is 12.5. The minimum atomic E-state index is -1.25. The van der Waals surface area contributed by atoms with Crippen molar-refractivity contribution in [1.29, 1.82) is 0 Å². The van der Waals surface area contributed by atoms with Crippen LogP contribution in [0.1, 0.15) is 26.3 Å². The van der Waals surface area contributed by atoms with Gasteiger partial charge >= 0.3 is 11.9 Å². The van der Waals surface area contributed by atoms with Gasteiger partial charge in [-0.2, -0.15) is 11.8 Å². The summed E-state index contributed by atoms with van der Waals surface area (Å²) in [6.45, 7) is 0. The molecule has 0 bridgehead atoms. The number of benzene rings is 5. The number of carboxylic acids is 2. The van der Waals surface area contributed by atoms with Crippen LogP contribution in [0.15, 0.2) is 120 Å². The Hall–Kier alpha value is -5.34. The van der Waals surface area contributed by atoms with Crippen molar-refractivity contribution in [2.24, 2.45) is 0 Å². The summed E-state index contributed by atoms with van der Waals surface area (Å²) in [7, 11) is 0. The molecule has 1 amide bonds. The molecule has 0 fully saturated rings. The summed E-state index contributed by atoms with van der Waals surface area (Å²) < 4.78 is 6.20. The maximum atomic E-state index is 12.6. The van der Waals surface area contributed by atoms with E-state index in [1.165, 1.54) is 36.0 Å². The van der Waals surface area contributed by atoms with Gasteiger partial charge in [-0.1, -0.05) is 97.1 Å². The average molecular weight is 602 g/mol. The third kappa shape index (κ3) is 5.93. The lowest BCUT2D eigenvalue weighted by molar-refractivity contribution is -0.138. The van der Waals surface area contributed by atoms with Crippen LogP contribution >= 0.6 is 11.8 Å². The van der Waals surface area contributed by atoms with E-state index < -0.39 is 23.9 Å². The zero-order chi connectivity index (χ0) is 30.6. The van der Waals surface area contributed by atoms with Crippen molar-refractivity contribution in [1.82, 2.24) is 5.32 Å². The van der Waals surface area contributed by atoms with Gasteiger partial charge in [0.15, 0.2) is 0 Å². The van der Waals surface area contributed by atoms with Crippen LogP contribution in [0.2, 0.25) is 0 Å². The molecule has 0 aliphatic carbocycles. The first-order valence-corrected chi connectivity index (χ1v) is 15.1. The molecule has 8 heteroatoms. The van der Waals surface area contributed by atoms with Crippen LogP contribution in [0.25, 0.3) is 44.2 Å². The zero-order valence-electron chi connectivity index (χ0n) is 23.4. The summed E-state index contributed by atoms with van der Waals surface area (Å²) in [4.78, 5) is 35.9. The number of rotatable bonds is 10. The van der Waals surface area contributed by atoms with Crippen LogP contribution in [0, 0.1) is 0 Å². The van der Waals surface area contributed by atoms with Crippen LogP contribution in [-0.2, 0) is 10.5 Å². The minimum absolute atomic E-state index is 0.0774. The van der Waals surface area contributed by atoms with E-state index in [2.05, 4.69) is 53.8 Å². The van der Waals surface area contributed by atoms with E-state index in [4.69, 9.17) is 4.42 Å². The molecule has 5 aromatic carbocycles. The second-order valence-corrected chi connectivity index (χ2v) is 11.3. The number of amides is 1. The number of hydrogen-bond acceptors (Lipinski definition) is 5. The molecular weight excluding hydrogens is 574 g/mol. The van der Waals surface area contributed by atoms with Crippen molar-refractivity contribution in [3.8, 4) is 22.3 Å². The van der Waals surface area contributed by atoms with Gasteiger partial charge in [-0.3, -0.25) is 4.79 Å². The topological polar surface area (TPSA) is 117 Å². The number of carbonyl (C=O) groups is 3. The van der Waals surface area contributed by atoms with Gasteiger partial charge in [0.05, 0.1) is 11.1 Å². The first kappa shape index (κ1) is 28.8. The van der Waals surface area contributed by atoms with E-state index in [1.54, 1.807) is 0 Å². The van der Waals surface area contributed by atoms with Crippen LogP contribution in [-0.4, -0.2) is 39.9 Å². The monoisotopic (exact) mass is 601 g/mol. The van der Waals surface area contributed by atoms with Crippen molar-refractivity contribution < 1.29 is 29.0 Å². The molecule has 0 aliphatic rings. The number of furan rings is 1. The fourth-order valence-electron chi connectivity index (χ4n) is 5.18. The van der Waals surface area contributed by atoms with Crippen molar-refractivity contribution in [3.63, 3.8) is 0 Å². The molecule has 1 heterocycles. The Kier molecular flexibility index (Phi) is 8.16. The summed E-state index contributed by atoms with van der Waals surface area (Å²) in [6, 6.07) is 35.2. The fraction of sp³-hybridized carbons (Fsp3) is 0.0833. The van der Waals surface area contributed by atoms with Gasteiger partial charge in [-0.25, -0.2) is 9.59 Å². The number of fused-ring (bicyclic) bond motifs is 3. The maximum absolute atomic E-state index is 12.6. The lowest BCUT2D eigenvalue weighted by atomic mass is 9.98. The highest BCUT2D eigenvalue weighted by Crippen LogP contribution is 2.36. The Morgan fingerprint density at radius 3 is 2.00 bits per heavy atom. The summed E-state index contributed by atoms with van der Waals surface area (Å²) in [6.07, 6.45) is 0. The highest BCUT2D eigenvalue weighted by Gasteiger charge is 2.23. The molecule has 1 atom stereocenters. The lowest BCUT2D eigenvalue weighted by Gasteiger charge is -2.15. The molecule has 6 rings (SSSR count). The van der Waals surface area contributed by atoms with Crippen LogP contribution in [0.3, 0.4) is 0 Å². The Balaban J connectivity index is 1.09. The van der Waals surface area contributed by atoms with Crippen molar-refractivity contribution >= 4 is 51.5 Å². The molecule has 218 valence electrons. The standard InChI is InChI=1S/C36H27NO6S/c38-34(29-7-1-2-8-30(29)35(39)40)37-31(36(41)42)21-44-20-22-12-14-23(15-13-22)24-16-18-25(19-17-24)26-9-5-10-28-27-6-3-4-11-32(27)43-33(26)28/h1-19,31H,20-21H2,(H,37,38)(H,39,40)(H,41,42). The molecule has 1 unspecified atom stereocenters. The Morgan fingerprint density at radius 2 is 1.30 bits per heavy atom. The van der Waals surface area contributed by atoms with Gasteiger partial charge in [0.25, 0.3) is 5.91 Å². The van der Waals surface area contributed by atoms with Crippen LogP contribution < -0.4 is 5.32 Å². The number of aromatic carboxylic acids is 1. The molecule has 0 aliphatic heterocycles. The van der Waals surface area contributed by atoms with Gasteiger partial charge in [-0.15, -0.1) is 0 Å². The fourth-order valence-corrected chi connectivity index (χ4v) is 6.19. The van der Waals surface area contributed by atoms with Gasteiger partial charge in [0.1, 0.15) is 17.2 Å². The van der Waals surface area contributed by atoms with Crippen molar-refractivity contribution in [2.45, 2.75) is 11.8 Å². The van der Waals surface area contributed by atoms with Gasteiger partial charge < -0.3 is 19.9 Å². The number of carbonyl (C=O) groups excluding carboxylic acids is 1. The summed E-state index contributed by atoms with van der Waals surface area (Å²) >= 11 is 1.37. The Labute approximate surface area is 257 Å². The molecule has 0 saturated carbocycles. The molecule has 44 heavy (non-hydrogen) atoms. The van der Waals surface area contributed by atoms with E-state index in [0.717, 1.165) is 49.8 Å². The first-order valence-electron chi connectivity index (χ1n) is 13.9. The summed E-state index contributed by atoms with van der Waals surface area (Å²) in [5, 5.41) is 23.6. The van der Waals surface area contributed by atoms with Gasteiger partial charge in [-0.05, 0) is 40.5 Å². The molecule has 0 radical (unpaired) electrons. The zero-order valence-corrected chi connectivity index (χ0v) is 24.2. The number of aliphatic carboxylic acids is 1. The van der Waals surface area contributed by atoms with E-state index >= 15 is 0 Å². The minimum Gasteiger partial charge on any atom is -0.480 e. The average Bonchev–Trinajstić information content (AvgIpc) is 3.43. The normalized spacial score (nSPS) is 11.8. The number of thioether (sulfide) groups is 1. The first-order chi connectivity index (χ1) is 21.4. The maximum Gasteiger partial charge on any atom is 0.336 e. The largest absolute Gasteiger partial charge is 0.480 e. The molecule has 7 nitrogen and oxygen atoms in total. The second-order valence-electron chi connectivity index (χ2n) is 10.3. The third-order valence-electron chi connectivity index (χ3n) is 7.45. The van der Waals surface area contributed by atoms with Crippen LogP contribution in [0.5, 0.6) is 0 Å². The number of para-hydroxylation sites is 2. The van der Waals surface area contributed by atoms with Crippen molar-refractivity contribution in [2.75, 3.05) is 5.75 Å². The van der Waals surface area contributed by atoms with E-state index in [1.807, 2.05) is 42.5 Å². The molecule has 0 saturated heterocycles. The number of nitrogens with one attached hydrogen (secondary N) is 1. The highest BCUT2D eigenvalue weighted by atomic mass is 32.2. The lowest BCUT2D eigenvalue weighted by Crippen LogP contribution is -2.43. The van der Waals surface area contributed by atoms with E-state index in [9.17, 15) is 24.6 Å². The predicted molar refractivity (Wildman–Crippen MR) is 173 cm³/mol. The summed E-state index contributed by atoms with van der Waals surface area (Å²) in [5.74, 6) is -2.50. The molecular formula is C36H27NO6S. The molecule has 1 aromatic heterocycles. The van der Waals surface area contributed by atoms with E-state index in [-0.39, 0.29) is 16.9 Å². The quantitative estimate of drug-likeness (QED) is 0.147. The smallest absolute Gasteiger partial charge is 0.336 e. The van der Waals surface area contributed by atoms with E-state index in [0.29, 0.717) is 5.75 Å². The van der Waals surface area contributed by atoms with Crippen LogP contribution in [0.4, 0.5) is 0 Å². The van der Waals surface area contributed by atoms with Crippen molar-refractivity contribution in [3.05, 3.63) is 132 Å². The highest BCUT2D eigenvalue weighted by molar-refractivity contribution is 7.98. The Morgan fingerprint density at radius 1 is 0.682 bits per heavy atom.